The minimum atomic E-state index is -3.64. The van der Waals surface area contributed by atoms with Gasteiger partial charge in [-0.25, -0.2) is 13.1 Å². The molecule has 0 aliphatic carbocycles. The Labute approximate surface area is 118 Å². The molecule has 0 radical (unpaired) electrons. The first-order valence-electron chi connectivity index (χ1n) is 6.21. The Morgan fingerprint density at radius 2 is 2.05 bits per heavy atom. The van der Waals surface area contributed by atoms with Gasteiger partial charge in [-0.2, -0.15) is 5.10 Å². The molecule has 1 aromatic heterocycles. The second-order valence-electron chi connectivity index (χ2n) is 4.56. The van der Waals surface area contributed by atoms with E-state index in [1.54, 1.807) is 11.6 Å². The molecule has 0 saturated carbocycles. The molecule has 0 fully saturated rings. The quantitative estimate of drug-likeness (QED) is 0.817. The maximum atomic E-state index is 12.0. The molecule has 1 unspecified atom stereocenters. The minimum absolute atomic E-state index is 0.0914. The predicted molar refractivity (Wildman–Crippen MR) is 74.6 cm³/mol. The SMILES string of the molecule is CC(CO)NS(=O)(=O)c1cnn(Cc2ccccc2)c1. The van der Waals surface area contributed by atoms with Crippen LogP contribution in [0.3, 0.4) is 0 Å². The van der Waals surface area contributed by atoms with E-state index < -0.39 is 16.1 Å². The van der Waals surface area contributed by atoms with E-state index in [4.69, 9.17) is 5.11 Å². The average Bonchev–Trinajstić information content (AvgIpc) is 2.88. The van der Waals surface area contributed by atoms with Crippen LogP contribution in [0.4, 0.5) is 0 Å². The van der Waals surface area contributed by atoms with Crippen LogP contribution in [-0.2, 0) is 16.6 Å². The summed E-state index contributed by atoms with van der Waals surface area (Å²) in [6.07, 6.45) is 2.77. The number of rotatable bonds is 6. The van der Waals surface area contributed by atoms with Gasteiger partial charge in [0.2, 0.25) is 10.0 Å². The Morgan fingerprint density at radius 3 is 2.70 bits per heavy atom. The van der Waals surface area contributed by atoms with Crippen molar-refractivity contribution in [1.82, 2.24) is 14.5 Å². The highest BCUT2D eigenvalue weighted by Gasteiger charge is 2.18. The van der Waals surface area contributed by atoms with E-state index in [1.807, 2.05) is 30.3 Å². The van der Waals surface area contributed by atoms with Gasteiger partial charge >= 0.3 is 0 Å². The Hall–Kier alpha value is -1.70. The zero-order valence-electron chi connectivity index (χ0n) is 11.1. The molecular formula is C13H17N3O3S. The summed E-state index contributed by atoms with van der Waals surface area (Å²) in [5.74, 6) is 0. The van der Waals surface area contributed by atoms with Gasteiger partial charge in [0.1, 0.15) is 4.90 Å². The molecule has 7 heteroatoms. The zero-order chi connectivity index (χ0) is 14.6. The molecular weight excluding hydrogens is 278 g/mol. The fourth-order valence-corrected chi connectivity index (χ4v) is 2.90. The third-order valence-electron chi connectivity index (χ3n) is 2.74. The van der Waals surface area contributed by atoms with Gasteiger partial charge in [0.25, 0.3) is 0 Å². The largest absolute Gasteiger partial charge is 0.395 e. The first-order chi connectivity index (χ1) is 9.51. The van der Waals surface area contributed by atoms with Crippen molar-refractivity contribution in [2.24, 2.45) is 0 Å². The maximum absolute atomic E-state index is 12.0. The number of aliphatic hydroxyl groups is 1. The Bertz CT molecular complexity index is 653. The highest BCUT2D eigenvalue weighted by Crippen LogP contribution is 2.09. The van der Waals surface area contributed by atoms with Crippen molar-refractivity contribution in [3.05, 3.63) is 48.3 Å². The van der Waals surface area contributed by atoms with Crippen molar-refractivity contribution in [2.75, 3.05) is 6.61 Å². The number of aliphatic hydroxyl groups excluding tert-OH is 1. The van der Waals surface area contributed by atoms with Crippen LogP contribution < -0.4 is 4.72 Å². The van der Waals surface area contributed by atoms with Crippen molar-refractivity contribution >= 4 is 10.0 Å². The van der Waals surface area contributed by atoms with Crippen LogP contribution in [0.2, 0.25) is 0 Å². The zero-order valence-corrected chi connectivity index (χ0v) is 11.9. The average molecular weight is 295 g/mol. The summed E-state index contributed by atoms with van der Waals surface area (Å²) in [5.41, 5.74) is 1.04. The molecule has 2 rings (SSSR count). The molecule has 1 aromatic carbocycles. The summed E-state index contributed by atoms with van der Waals surface area (Å²) in [6, 6.07) is 9.12. The Balaban J connectivity index is 2.13. The third-order valence-corrected chi connectivity index (χ3v) is 4.28. The molecule has 0 aliphatic heterocycles. The predicted octanol–water partition coefficient (Wildman–Crippen LogP) is 0.590. The lowest BCUT2D eigenvalue weighted by atomic mass is 10.2. The molecule has 0 bridgehead atoms. The Morgan fingerprint density at radius 1 is 1.35 bits per heavy atom. The van der Waals surface area contributed by atoms with Gasteiger partial charge in [-0.05, 0) is 12.5 Å². The lowest BCUT2D eigenvalue weighted by Crippen LogP contribution is -2.34. The summed E-state index contributed by atoms with van der Waals surface area (Å²) >= 11 is 0. The molecule has 2 aromatic rings. The molecule has 1 atom stereocenters. The van der Waals surface area contributed by atoms with E-state index >= 15 is 0 Å². The summed E-state index contributed by atoms with van der Waals surface area (Å²) in [4.78, 5) is 0.0914. The van der Waals surface area contributed by atoms with Gasteiger partial charge < -0.3 is 5.11 Å². The van der Waals surface area contributed by atoms with E-state index in [0.29, 0.717) is 6.54 Å². The lowest BCUT2D eigenvalue weighted by molar-refractivity contribution is 0.265. The number of nitrogens with one attached hydrogen (secondary N) is 1. The number of benzene rings is 1. The van der Waals surface area contributed by atoms with Gasteiger partial charge in [-0.1, -0.05) is 30.3 Å². The topological polar surface area (TPSA) is 84.2 Å². The van der Waals surface area contributed by atoms with Gasteiger partial charge in [-0.3, -0.25) is 4.68 Å². The summed E-state index contributed by atoms with van der Waals surface area (Å²) in [7, 11) is -3.64. The maximum Gasteiger partial charge on any atom is 0.244 e. The van der Waals surface area contributed by atoms with Gasteiger partial charge in [0.15, 0.2) is 0 Å². The number of nitrogens with zero attached hydrogens (tertiary/aromatic N) is 2. The summed E-state index contributed by atoms with van der Waals surface area (Å²) < 4.78 is 27.9. The molecule has 20 heavy (non-hydrogen) atoms. The molecule has 0 spiro atoms. The van der Waals surface area contributed by atoms with Gasteiger partial charge in [-0.15, -0.1) is 0 Å². The van der Waals surface area contributed by atoms with E-state index in [0.717, 1.165) is 5.56 Å². The van der Waals surface area contributed by atoms with Crippen molar-refractivity contribution in [3.63, 3.8) is 0 Å². The first-order valence-corrected chi connectivity index (χ1v) is 7.69. The molecule has 108 valence electrons. The molecule has 0 saturated heterocycles. The summed E-state index contributed by atoms with van der Waals surface area (Å²) in [6.45, 7) is 1.84. The summed E-state index contributed by atoms with van der Waals surface area (Å²) in [5, 5.41) is 12.9. The molecule has 0 amide bonds. The number of aromatic nitrogens is 2. The van der Waals surface area contributed by atoms with Crippen molar-refractivity contribution < 1.29 is 13.5 Å². The van der Waals surface area contributed by atoms with Crippen LogP contribution in [-0.4, -0.2) is 36.0 Å². The van der Waals surface area contributed by atoms with E-state index in [1.165, 1.54) is 12.4 Å². The molecule has 2 N–H and O–H groups in total. The minimum Gasteiger partial charge on any atom is -0.395 e. The van der Waals surface area contributed by atoms with Crippen LogP contribution in [0.5, 0.6) is 0 Å². The van der Waals surface area contributed by atoms with Crippen LogP contribution in [0.1, 0.15) is 12.5 Å². The third kappa shape index (κ3) is 3.66. The van der Waals surface area contributed by atoms with E-state index in [-0.39, 0.29) is 11.5 Å². The van der Waals surface area contributed by atoms with E-state index in [9.17, 15) is 8.42 Å². The fraction of sp³-hybridized carbons (Fsp3) is 0.308. The van der Waals surface area contributed by atoms with Crippen LogP contribution in [0.25, 0.3) is 0 Å². The van der Waals surface area contributed by atoms with Gasteiger partial charge in [0.05, 0.1) is 19.3 Å². The molecule has 0 aliphatic rings. The Kier molecular flexibility index (Phi) is 4.53. The van der Waals surface area contributed by atoms with Crippen molar-refractivity contribution in [2.45, 2.75) is 24.4 Å². The fourth-order valence-electron chi connectivity index (χ4n) is 1.71. The standard InChI is InChI=1S/C13H17N3O3S/c1-11(10-17)15-20(18,19)13-7-14-16(9-13)8-12-5-3-2-4-6-12/h2-7,9,11,15,17H,8,10H2,1H3. The molecule has 1 heterocycles. The lowest BCUT2D eigenvalue weighted by Gasteiger charge is -2.09. The van der Waals surface area contributed by atoms with Crippen molar-refractivity contribution in [1.29, 1.82) is 0 Å². The monoisotopic (exact) mass is 295 g/mol. The van der Waals surface area contributed by atoms with E-state index in [2.05, 4.69) is 9.82 Å². The number of hydrogen-bond acceptors (Lipinski definition) is 4. The first kappa shape index (κ1) is 14.7. The number of hydrogen-bond donors (Lipinski definition) is 2. The molecule has 6 nitrogen and oxygen atoms in total. The highest BCUT2D eigenvalue weighted by atomic mass is 32.2. The second kappa shape index (κ2) is 6.17. The van der Waals surface area contributed by atoms with Crippen LogP contribution >= 0.6 is 0 Å². The highest BCUT2D eigenvalue weighted by molar-refractivity contribution is 7.89. The normalized spacial score (nSPS) is 13.3. The van der Waals surface area contributed by atoms with Gasteiger partial charge in [0, 0.05) is 12.2 Å². The second-order valence-corrected chi connectivity index (χ2v) is 6.28. The number of sulfonamides is 1. The van der Waals surface area contributed by atoms with Crippen molar-refractivity contribution in [3.8, 4) is 0 Å². The van der Waals surface area contributed by atoms with Crippen LogP contribution in [0, 0.1) is 0 Å². The van der Waals surface area contributed by atoms with Crippen LogP contribution in [0.15, 0.2) is 47.6 Å². The smallest absolute Gasteiger partial charge is 0.244 e.